The number of carbonyl (C=O) groups excluding carboxylic acids is 1. The number of rotatable bonds is 1. The summed E-state index contributed by atoms with van der Waals surface area (Å²) in [5.74, 6) is 1.34. The Morgan fingerprint density at radius 3 is 3.05 bits per heavy atom. The van der Waals surface area contributed by atoms with Crippen molar-refractivity contribution in [3.8, 4) is 0 Å². The molecule has 5 nitrogen and oxygen atoms in total. The van der Waals surface area contributed by atoms with Gasteiger partial charge in [0.05, 0.1) is 0 Å². The van der Waals surface area contributed by atoms with Crippen LogP contribution in [0.5, 0.6) is 0 Å². The van der Waals surface area contributed by atoms with E-state index in [0.717, 1.165) is 23.6 Å². The molecule has 4 rings (SSSR count). The van der Waals surface area contributed by atoms with Gasteiger partial charge in [-0.25, -0.2) is 4.68 Å². The molecule has 6 heteroatoms. The van der Waals surface area contributed by atoms with Crippen LogP contribution in [0, 0.1) is 12.8 Å². The lowest BCUT2D eigenvalue weighted by Gasteiger charge is -2.33. The minimum atomic E-state index is -0.126. The number of hydrogen-bond acceptors (Lipinski definition) is 5. The SMILES string of the molecule is Cc1ccsc1[C@@H]1C2=C(C[C@H](C)CC2=O)Nc2ncnn21. The highest BCUT2D eigenvalue weighted by atomic mass is 32.1. The standard InChI is InChI=1S/C15H16N4OS/c1-8-5-10-12(11(20)6-8)13(14-9(2)3-4-21-14)19-15(18-10)16-7-17-19/h3-4,7-8,13H,5-6H2,1-2H3,(H,16,17,18)/t8-,13-/m0/s1. The van der Waals surface area contributed by atoms with E-state index in [4.69, 9.17) is 0 Å². The number of aromatic nitrogens is 3. The van der Waals surface area contributed by atoms with Gasteiger partial charge in [0, 0.05) is 22.6 Å². The van der Waals surface area contributed by atoms with E-state index in [2.05, 4.69) is 40.7 Å². The largest absolute Gasteiger partial charge is 0.328 e. The number of nitrogens with one attached hydrogen (secondary N) is 1. The maximum atomic E-state index is 12.6. The lowest BCUT2D eigenvalue weighted by atomic mass is 9.82. The Morgan fingerprint density at radius 2 is 2.29 bits per heavy atom. The Kier molecular flexibility index (Phi) is 2.75. The molecule has 3 heterocycles. The third kappa shape index (κ3) is 1.86. The summed E-state index contributed by atoms with van der Waals surface area (Å²) in [4.78, 5) is 18.1. The highest BCUT2D eigenvalue weighted by Crippen LogP contribution is 2.43. The van der Waals surface area contributed by atoms with Gasteiger partial charge in [0.1, 0.15) is 12.4 Å². The van der Waals surface area contributed by atoms with Crippen molar-refractivity contribution >= 4 is 23.1 Å². The normalized spacial score (nSPS) is 24.6. The minimum Gasteiger partial charge on any atom is -0.328 e. The molecular formula is C15H16N4OS. The number of allylic oxidation sites excluding steroid dienone is 2. The van der Waals surface area contributed by atoms with Crippen molar-refractivity contribution in [2.24, 2.45) is 5.92 Å². The first-order valence-electron chi connectivity index (χ1n) is 7.12. The van der Waals surface area contributed by atoms with E-state index < -0.39 is 0 Å². The molecule has 0 saturated heterocycles. The van der Waals surface area contributed by atoms with Crippen LogP contribution in [0.4, 0.5) is 5.95 Å². The Labute approximate surface area is 126 Å². The molecule has 108 valence electrons. The molecule has 2 aliphatic rings. The number of aryl methyl sites for hydroxylation is 1. The monoisotopic (exact) mass is 300 g/mol. The first-order valence-corrected chi connectivity index (χ1v) is 8.00. The van der Waals surface area contributed by atoms with Gasteiger partial charge in [-0.3, -0.25) is 4.79 Å². The summed E-state index contributed by atoms with van der Waals surface area (Å²) < 4.78 is 1.84. The Morgan fingerprint density at radius 1 is 1.43 bits per heavy atom. The molecule has 2 aromatic rings. The predicted octanol–water partition coefficient (Wildman–Crippen LogP) is 2.92. The van der Waals surface area contributed by atoms with Crippen molar-refractivity contribution in [3.63, 3.8) is 0 Å². The van der Waals surface area contributed by atoms with Crippen molar-refractivity contribution in [3.05, 3.63) is 39.5 Å². The summed E-state index contributed by atoms with van der Waals surface area (Å²) in [6.45, 7) is 4.20. The van der Waals surface area contributed by atoms with Gasteiger partial charge in [-0.05, 0) is 36.3 Å². The maximum absolute atomic E-state index is 12.6. The van der Waals surface area contributed by atoms with Crippen molar-refractivity contribution in [1.29, 1.82) is 0 Å². The van der Waals surface area contributed by atoms with Gasteiger partial charge in [-0.1, -0.05) is 6.92 Å². The number of Topliss-reactive ketones (excluding diaryl/α,β-unsaturated/α-hetero) is 1. The zero-order valence-corrected chi connectivity index (χ0v) is 12.8. The fourth-order valence-electron chi connectivity index (χ4n) is 3.25. The van der Waals surface area contributed by atoms with Crippen LogP contribution >= 0.6 is 11.3 Å². The molecule has 2 aromatic heterocycles. The van der Waals surface area contributed by atoms with Gasteiger partial charge in [-0.15, -0.1) is 11.3 Å². The molecule has 0 aromatic carbocycles. The molecule has 0 amide bonds. The van der Waals surface area contributed by atoms with E-state index in [-0.39, 0.29) is 11.8 Å². The summed E-state index contributed by atoms with van der Waals surface area (Å²) >= 11 is 1.68. The maximum Gasteiger partial charge on any atom is 0.226 e. The lowest BCUT2D eigenvalue weighted by molar-refractivity contribution is -0.117. The molecular weight excluding hydrogens is 284 g/mol. The molecule has 21 heavy (non-hydrogen) atoms. The van der Waals surface area contributed by atoms with Crippen LogP contribution in [0.2, 0.25) is 0 Å². The van der Waals surface area contributed by atoms with Crippen LogP contribution in [0.15, 0.2) is 29.0 Å². The van der Waals surface area contributed by atoms with E-state index in [1.807, 2.05) is 4.68 Å². The van der Waals surface area contributed by atoms with E-state index in [1.165, 1.54) is 10.4 Å². The van der Waals surface area contributed by atoms with Crippen LogP contribution in [0.25, 0.3) is 0 Å². The molecule has 0 saturated carbocycles. The molecule has 0 radical (unpaired) electrons. The highest BCUT2D eigenvalue weighted by Gasteiger charge is 2.38. The number of anilines is 1. The Bertz CT molecular complexity index is 757. The number of ketones is 1. The molecule has 2 atom stereocenters. The first-order chi connectivity index (χ1) is 10.1. The number of thiophene rings is 1. The van der Waals surface area contributed by atoms with Gasteiger partial charge in [0.15, 0.2) is 5.78 Å². The lowest BCUT2D eigenvalue weighted by Crippen LogP contribution is -2.33. The van der Waals surface area contributed by atoms with Crippen LogP contribution in [0.1, 0.15) is 36.2 Å². The average Bonchev–Trinajstić information content (AvgIpc) is 3.04. The topological polar surface area (TPSA) is 59.8 Å². The Hall–Kier alpha value is -1.95. The van der Waals surface area contributed by atoms with Crippen LogP contribution in [-0.4, -0.2) is 20.5 Å². The zero-order valence-electron chi connectivity index (χ0n) is 12.0. The number of carbonyl (C=O) groups is 1. The van der Waals surface area contributed by atoms with Crippen molar-refractivity contribution < 1.29 is 4.79 Å². The summed E-state index contributed by atoms with van der Waals surface area (Å²) in [5, 5.41) is 9.72. The second-order valence-electron chi connectivity index (χ2n) is 5.85. The van der Waals surface area contributed by atoms with Crippen LogP contribution in [-0.2, 0) is 4.79 Å². The van der Waals surface area contributed by atoms with Crippen molar-refractivity contribution in [2.75, 3.05) is 5.32 Å². The summed E-state index contributed by atoms with van der Waals surface area (Å²) in [6.07, 6.45) is 3.06. The molecule has 0 spiro atoms. The number of nitrogens with zero attached hydrogens (tertiary/aromatic N) is 3. The fraction of sp³-hybridized carbons (Fsp3) is 0.400. The minimum absolute atomic E-state index is 0.126. The van der Waals surface area contributed by atoms with E-state index >= 15 is 0 Å². The van der Waals surface area contributed by atoms with E-state index in [9.17, 15) is 4.79 Å². The third-order valence-corrected chi connectivity index (χ3v) is 5.29. The van der Waals surface area contributed by atoms with Gasteiger partial charge in [0.2, 0.25) is 5.95 Å². The van der Waals surface area contributed by atoms with Crippen molar-refractivity contribution in [1.82, 2.24) is 14.8 Å². The van der Waals surface area contributed by atoms with Gasteiger partial charge >= 0.3 is 0 Å². The second-order valence-corrected chi connectivity index (χ2v) is 6.80. The number of hydrogen-bond donors (Lipinski definition) is 1. The number of fused-ring (bicyclic) bond motifs is 1. The Balaban J connectivity index is 1.93. The average molecular weight is 300 g/mol. The van der Waals surface area contributed by atoms with Crippen LogP contribution < -0.4 is 5.32 Å². The fourth-order valence-corrected chi connectivity index (χ4v) is 4.27. The first kappa shape index (κ1) is 12.8. The highest BCUT2D eigenvalue weighted by molar-refractivity contribution is 7.10. The quantitative estimate of drug-likeness (QED) is 0.879. The predicted molar refractivity (Wildman–Crippen MR) is 81.3 cm³/mol. The van der Waals surface area contributed by atoms with Gasteiger partial charge in [0.25, 0.3) is 0 Å². The smallest absolute Gasteiger partial charge is 0.226 e. The van der Waals surface area contributed by atoms with E-state index in [0.29, 0.717) is 12.3 Å². The molecule has 1 aliphatic carbocycles. The molecule has 0 fully saturated rings. The van der Waals surface area contributed by atoms with Crippen LogP contribution in [0.3, 0.4) is 0 Å². The summed E-state index contributed by atoms with van der Waals surface area (Å²) in [6, 6.07) is 1.97. The van der Waals surface area contributed by atoms with Gasteiger partial charge < -0.3 is 5.32 Å². The molecule has 1 aliphatic heterocycles. The molecule has 1 N–H and O–H groups in total. The summed E-state index contributed by atoms with van der Waals surface area (Å²) in [5.41, 5.74) is 3.10. The molecule has 0 unspecified atom stereocenters. The zero-order chi connectivity index (χ0) is 14.6. The third-order valence-electron chi connectivity index (χ3n) is 4.22. The van der Waals surface area contributed by atoms with Gasteiger partial charge in [-0.2, -0.15) is 10.1 Å². The summed E-state index contributed by atoms with van der Waals surface area (Å²) in [7, 11) is 0. The second kappa shape index (κ2) is 4.53. The van der Waals surface area contributed by atoms with E-state index in [1.54, 1.807) is 17.7 Å². The van der Waals surface area contributed by atoms with Crippen molar-refractivity contribution in [2.45, 2.75) is 32.7 Å². The molecule has 0 bridgehead atoms.